The molecule has 0 amide bonds. The van der Waals surface area contributed by atoms with Gasteiger partial charge in [0.05, 0.1) is 0 Å². The minimum atomic E-state index is 0.348. The van der Waals surface area contributed by atoms with Crippen molar-refractivity contribution in [3.8, 4) is 0 Å². The maximum Gasteiger partial charge on any atom is 0.0130 e. The third kappa shape index (κ3) is 3.76. The second-order valence-electron chi connectivity index (χ2n) is 5.43. The topological polar surface area (TPSA) is 0 Å². The van der Waals surface area contributed by atoms with Gasteiger partial charge in [-0.15, -0.1) is 25.3 Å². The monoisotopic (exact) mass is 322 g/mol. The van der Waals surface area contributed by atoms with Gasteiger partial charge in [-0.2, -0.15) is 0 Å². The Kier molecular flexibility index (Phi) is 4.91. The summed E-state index contributed by atoms with van der Waals surface area (Å²) in [6.07, 6.45) is 0.976. The molecule has 1 atom stereocenters. The summed E-state index contributed by atoms with van der Waals surface area (Å²) in [4.78, 5) is 1.99. The van der Waals surface area contributed by atoms with Gasteiger partial charge in [0.1, 0.15) is 0 Å². The highest BCUT2D eigenvalue weighted by Gasteiger charge is 2.14. The molecule has 2 heteroatoms. The maximum absolute atomic E-state index is 4.39. The van der Waals surface area contributed by atoms with Crippen molar-refractivity contribution in [2.75, 3.05) is 0 Å². The molecule has 0 aliphatic heterocycles. The largest absolute Gasteiger partial charge is 0.143 e. The van der Waals surface area contributed by atoms with E-state index in [0.717, 1.165) is 16.2 Å². The van der Waals surface area contributed by atoms with Gasteiger partial charge in [-0.1, -0.05) is 54.6 Å². The summed E-state index contributed by atoms with van der Waals surface area (Å²) in [5.74, 6) is 0.348. The molecule has 0 aliphatic rings. The number of rotatable bonds is 4. The minimum absolute atomic E-state index is 0.348. The summed E-state index contributed by atoms with van der Waals surface area (Å²) in [7, 11) is 0. The van der Waals surface area contributed by atoms with E-state index in [0.29, 0.717) is 5.92 Å². The molecule has 0 aliphatic carbocycles. The van der Waals surface area contributed by atoms with Crippen molar-refractivity contribution >= 4 is 25.3 Å². The number of thiol groups is 2. The summed E-state index contributed by atoms with van der Waals surface area (Å²) in [6, 6.07) is 27.6. The van der Waals surface area contributed by atoms with Gasteiger partial charge in [-0.25, -0.2) is 0 Å². The van der Waals surface area contributed by atoms with Crippen LogP contribution < -0.4 is 0 Å². The van der Waals surface area contributed by atoms with E-state index in [1.165, 1.54) is 16.7 Å². The van der Waals surface area contributed by atoms with Crippen LogP contribution in [0.15, 0.2) is 88.7 Å². The van der Waals surface area contributed by atoms with E-state index in [1.54, 1.807) is 0 Å². The zero-order valence-electron chi connectivity index (χ0n) is 12.2. The standard InChI is InChI=1S/C20H18S2/c21-18-10-6-15(7-11-18)14-20(16-4-2-1-3-5-16)17-8-12-19(22)13-9-17/h1-13,20-22H,14H2. The second-order valence-corrected chi connectivity index (χ2v) is 6.46. The number of hydrogen-bond donors (Lipinski definition) is 2. The van der Waals surface area contributed by atoms with Crippen LogP contribution in [0.2, 0.25) is 0 Å². The molecule has 0 saturated carbocycles. The Morgan fingerprint density at radius 2 is 1.09 bits per heavy atom. The van der Waals surface area contributed by atoms with Crippen molar-refractivity contribution in [1.82, 2.24) is 0 Å². The Morgan fingerprint density at radius 1 is 0.591 bits per heavy atom. The first-order chi connectivity index (χ1) is 10.7. The van der Waals surface area contributed by atoms with Crippen LogP contribution in [0.5, 0.6) is 0 Å². The molecule has 0 aromatic heterocycles. The van der Waals surface area contributed by atoms with E-state index in [2.05, 4.69) is 104 Å². The van der Waals surface area contributed by atoms with E-state index < -0.39 is 0 Å². The van der Waals surface area contributed by atoms with Crippen LogP contribution in [-0.4, -0.2) is 0 Å². The van der Waals surface area contributed by atoms with Crippen molar-refractivity contribution in [2.45, 2.75) is 22.1 Å². The van der Waals surface area contributed by atoms with Crippen molar-refractivity contribution < 1.29 is 0 Å². The van der Waals surface area contributed by atoms with Gasteiger partial charge in [0, 0.05) is 15.7 Å². The summed E-state index contributed by atoms with van der Waals surface area (Å²) >= 11 is 8.75. The molecule has 0 bridgehead atoms. The Morgan fingerprint density at radius 3 is 1.68 bits per heavy atom. The lowest BCUT2D eigenvalue weighted by Gasteiger charge is -2.18. The molecule has 0 N–H and O–H groups in total. The van der Waals surface area contributed by atoms with E-state index >= 15 is 0 Å². The second kappa shape index (κ2) is 7.08. The summed E-state index contributed by atoms with van der Waals surface area (Å²) < 4.78 is 0. The molecule has 0 radical (unpaired) electrons. The minimum Gasteiger partial charge on any atom is -0.143 e. The van der Waals surface area contributed by atoms with Gasteiger partial charge in [0.15, 0.2) is 0 Å². The van der Waals surface area contributed by atoms with Gasteiger partial charge < -0.3 is 0 Å². The molecule has 0 fully saturated rings. The van der Waals surface area contributed by atoms with Crippen LogP contribution in [0.3, 0.4) is 0 Å². The molecule has 3 aromatic carbocycles. The van der Waals surface area contributed by atoms with Gasteiger partial charge in [0.2, 0.25) is 0 Å². The van der Waals surface area contributed by atoms with E-state index in [4.69, 9.17) is 0 Å². The average molecular weight is 322 g/mol. The fourth-order valence-electron chi connectivity index (χ4n) is 2.69. The molecule has 0 nitrogen and oxygen atoms in total. The normalized spacial score (nSPS) is 12.1. The molecule has 1 unspecified atom stereocenters. The lowest BCUT2D eigenvalue weighted by Crippen LogP contribution is -2.05. The molecule has 0 saturated heterocycles. The fraction of sp³-hybridized carbons (Fsp3) is 0.100. The SMILES string of the molecule is Sc1ccc(CC(c2ccccc2)c2ccc(S)cc2)cc1. The predicted molar refractivity (Wildman–Crippen MR) is 99.4 cm³/mol. The van der Waals surface area contributed by atoms with Crippen LogP contribution in [0.4, 0.5) is 0 Å². The highest BCUT2D eigenvalue weighted by Crippen LogP contribution is 2.29. The van der Waals surface area contributed by atoms with Crippen molar-refractivity contribution in [3.63, 3.8) is 0 Å². The zero-order chi connectivity index (χ0) is 15.4. The number of benzene rings is 3. The van der Waals surface area contributed by atoms with Crippen LogP contribution >= 0.6 is 25.3 Å². The first-order valence-corrected chi connectivity index (χ1v) is 8.23. The van der Waals surface area contributed by atoms with Gasteiger partial charge in [-0.3, -0.25) is 0 Å². The lowest BCUT2D eigenvalue weighted by molar-refractivity contribution is 0.803. The van der Waals surface area contributed by atoms with E-state index in [1.807, 2.05) is 0 Å². The van der Waals surface area contributed by atoms with Crippen LogP contribution in [0.1, 0.15) is 22.6 Å². The average Bonchev–Trinajstić information content (AvgIpc) is 2.56. The Labute approximate surface area is 143 Å². The Bertz CT molecular complexity index is 716. The van der Waals surface area contributed by atoms with Gasteiger partial charge in [-0.05, 0) is 47.4 Å². The van der Waals surface area contributed by atoms with E-state index in [-0.39, 0.29) is 0 Å². The van der Waals surface area contributed by atoms with Crippen molar-refractivity contribution in [1.29, 1.82) is 0 Å². The first-order valence-electron chi connectivity index (χ1n) is 7.34. The molecule has 110 valence electrons. The smallest absolute Gasteiger partial charge is 0.0130 e. The molecule has 3 aromatic rings. The predicted octanol–water partition coefficient (Wildman–Crippen LogP) is 5.64. The Balaban J connectivity index is 1.96. The lowest BCUT2D eigenvalue weighted by atomic mass is 9.86. The summed E-state index contributed by atoms with van der Waals surface area (Å²) in [5, 5.41) is 0. The third-order valence-electron chi connectivity index (χ3n) is 3.87. The van der Waals surface area contributed by atoms with Gasteiger partial charge >= 0.3 is 0 Å². The highest BCUT2D eigenvalue weighted by molar-refractivity contribution is 7.80. The van der Waals surface area contributed by atoms with Crippen LogP contribution in [0, 0.1) is 0 Å². The maximum atomic E-state index is 4.39. The Hall–Kier alpha value is -1.64. The molecular weight excluding hydrogens is 304 g/mol. The zero-order valence-corrected chi connectivity index (χ0v) is 14.0. The highest BCUT2D eigenvalue weighted by atomic mass is 32.1. The molecule has 22 heavy (non-hydrogen) atoms. The summed E-state index contributed by atoms with van der Waals surface area (Å²) in [5.41, 5.74) is 3.98. The third-order valence-corrected chi connectivity index (χ3v) is 4.47. The molecule has 3 rings (SSSR count). The molecule has 0 heterocycles. The van der Waals surface area contributed by atoms with E-state index in [9.17, 15) is 0 Å². The number of hydrogen-bond acceptors (Lipinski definition) is 2. The quantitative estimate of drug-likeness (QED) is 0.571. The first kappa shape index (κ1) is 15.3. The van der Waals surface area contributed by atoms with Crippen molar-refractivity contribution in [3.05, 3.63) is 95.6 Å². The summed E-state index contributed by atoms with van der Waals surface area (Å²) in [6.45, 7) is 0. The fourth-order valence-corrected chi connectivity index (χ4v) is 2.99. The molecule has 0 spiro atoms. The van der Waals surface area contributed by atoms with Crippen molar-refractivity contribution in [2.24, 2.45) is 0 Å². The van der Waals surface area contributed by atoms with Crippen LogP contribution in [-0.2, 0) is 6.42 Å². The van der Waals surface area contributed by atoms with Crippen LogP contribution in [0.25, 0.3) is 0 Å². The van der Waals surface area contributed by atoms with Gasteiger partial charge in [0.25, 0.3) is 0 Å². The molecular formula is C20H18S2.